The van der Waals surface area contributed by atoms with Crippen LogP contribution in [-0.4, -0.2) is 24.9 Å². The third kappa shape index (κ3) is 3.71. The van der Waals surface area contributed by atoms with E-state index in [9.17, 15) is 4.79 Å². The normalized spacial score (nSPS) is 9.59. The molecular formula is C12H16N2O2S. The van der Waals surface area contributed by atoms with Crippen LogP contribution < -0.4 is 10.2 Å². The molecule has 0 aliphatic heterocycles. The fourth-order valence-electron chi connectivity index (χ4n) is 1.45. The summed E-state index contributed by atoms with van der Waals surface area (Å²) < 4.78 is 4.51. The minimum Gasteiger partial charge on any atom is -0.453 e. The second-order valence-corrected chi connectivity index (χ2v) is 3.89. The van der Waals surface area contributed by atoms with Gasteiger partial charge in [-0.2, -0.15) is 0 Å². The Morgan fingerprint density at radius 3 is 2.76 bits per heavy atom. The lowest BCUT2D eigenvalue weighted by molar-refractivity contribution is 0.177. The van der Waals surface area contributed by atoms with Crippen LogP contribution in [0.4, 0.5) is 10.5 Å². The Labute approximate surface area is 107 Å². The van der Waals surface area contributed by atoms with Crippen molar-refractivity contribution in [2.24, 2.45) is 0 Å². The van der Waals surface area contributed by atoms with Gasteiger partial charge in [0.25, 0.3) is 0 Å². The Bertz CT molecular complexity index is 421. The summed E-state index contributed by atoms with van der Waals surface area (Å²) >= 11 is 5.16. The van der Waals surface area contributed by atoms with Crippen molar-refractivity contribution in [1.82, 2.24) is 5.32 Å². The van der Waals surface area contributed by atoms with Crippen molar-refractivity contribution in [2.45, 2.75) is 13.8 Å². The van der Waals surface area contributed by atoms with E-state index in [0.717, 1.165) is 11.3 Å². The van der Waals surface area contributed by atoms with Gasteiger partial charge in [0.2, 0.25) is 0 Å². The summed E-state index contributed by atoms with van der Waals surface area (Å²) in [6.45, 7) is 4.65. The van der Waals surface area contributed by atoms with Gasteiger partial charge in [0.1, 0.15) is 0 Å². The zero-order valence-electron chi connectivity index (χ0n) is 10.2. The highest BCUT2D eigenvalue weighted by molar-refractivity contribution is 7.80. The van der Waals surface area contributed by atoms with E-state index < -0.39 is 6.09 Å². The van der Waals surface area contributed by atoms with Crippen LogP contribution in [0.1, 0.15) is 12.5 Å². The summed E-state index contributed by atoms with van der Waals surface area (Å²) in [6.07, 6.45) is -0.555. The molecule has 0 saturated heterocycles. The fraction of sp³-hybridized carbons (Fsp3) is 0.333. The van der Waals surface area contributed by atoms with Gasteiger partial charge >= 0.3 is 6.09 Å². The van der Waals surface area contributed by atoms with Gasteiger partial charge in [-0.25, -0.2) is 4.79 Å². The fourth-order valence-corrected chi connectivity index (χ4v) is 1.76. The van der Waals surface area contributed by atoms with Gasteiger partial charge in [-0.3, -0.25) is 5.32 Å². The number of carbonyl (C=O) groups excluding carboxylic acids is 1. The Morgan fingerprint density at radius 1 is 1.53 bits per heavy atom. The number of aryl methyl sites for hydroxylation is 1. The first-order valence-corrected chi connectivity index (χ1v) is 5.72. The summed E-state index contributed by atoms with van der Waals surface area (Å²) in [6, 6.07) is 7.92. The SMILES string of the molecule is CCN(C(=S)NC(=O)OC)c1cccc(C)c1. The van der Waals surface area contributed by atoms with Crippen molar-refractivity contribution in [3.63, 3.8) is 0 Å². The quantitative estimate of drug-likeness (QED) is 0.821. The van der Waals surface area contributed by atoms with E-state index in [1.807, 2.05) is 43.0 Å². The van der Waals surface area contributed by atoms with E-state index in [1.165, 1.54) is 7.11 Å². The van der Waals surface area contributed by atoms with Crippen LogP contribution in [0.25, 0.3) is 0 Å². The van der Waals surface area contributed by atoms with Gasteiger partial charge < -0.3 is 9.64 Å². The first kappa shape index (κ1) is 13.4. The third-order valence-corrected chi connectivity index (χ3v) is 2.59. The average molecular weight is 252 g/mol. The first-order chi connectivity index (χ1) is 8.08. The number of hydrogen-bond acceptors (Lipinski definition) is 3. The number of thiocarbonyl (C=S) groups is 1. The molecule has 0 unspecified atom stereocenters. The number of benzene rings is 1. The summed E-state index contributed by atoms with van der Waals surface area (Å²) in [7, 11) is 1.31. The Kier molecular flexibility index (Phi) is 4.90. The molecule has 1 amide bonds. The molecule has 92 valence electrons. The van der Waals surface area contributed by atoms with E-state index in [-0.39, 0.29) is 0 Å². The number of anilines is 1. The maximum absolute atomic E-state index is 11.1. The molecule has 0 atom stereocenters. The van der Waals surface area contributed by atoms with Crippen molar-refractivity contribution in [2.75, 3.05) is 18.6 Å². The highest BCUT2D eigenvalue weighted by atomic mass is 32.1. The monoisotopic (exact) mass is 252 g/mol. The summed E-state index contributed by atoms with van der Waals surface area (Å²) in [5, 5.41) is 2.83. The molecule has 17 heavy (non-hydrogen) atoms. The minimum absolute atomic E-state index is 0.338. The van der Waals surface area contributed by atoms with Crippen LogP contribution in [0, 0.1) is 6.92 Å². The van der Waals surface area contributed by atoms with Gasteiger partial charge in [0.05, 0.1) is 7.11 Å². The molecule has 1 aromatic carbocycles. The maximum atomic E-state index is 11.1. The van der Waals surface area contributed by atoms with Gasteiger partial charge in [0, 0.05) is 12.2 Å². The second kappa shape index (κ2) is 6.20. The van der Waals surface area contributed by atoms with Crippen molar-refractivity contribution in [1.29, 1.82) is 0 Å². The molecule has 5 heteroatoms. The highest BCUT2D eigenvalue weighted by Gasteiger charge is 2.12. The number of rotatable bonds is 2. The van der Waals surface area contributed by atoms with Gasteiger partial charge in [-0.15, -0.1) is 0 Å². The molecule has 1 N–H and O–H groups in total. The number of nitrogens with one attached hydrogen (secondary N) is 1. The number of ether oxygens (including phenoxy) is 1. The molecule has 0 fully saturated rings. The molecule has 0 radical (unpaired) electrons. The molecule has 1 rings (SSSR count). The summed E-state index contributed by atoms with van der Waals surface area (Å²) in [5.74, 6) is 0. The number of alkyl carbamates (subject to hydrolysis) is 1. The van der Waals surface area contributed by atoms with Gasteiger partial charge in [0.15, 0.2) is 5.11 Å². The van der Waals surface area contributed by atoms with E-state index in [2.05, 4.69) is 10.1 Å². The Hall–Kier alpha value is -1.62. The third-order valence-electron chi connectivity index (χ3n) is 2.27. The molecule has 0 bridgehead atoms. The van der Waals surface area contributed by atoms with Crippen LogP contribution in [0.2, 0.25) is 0 Å². The van der Waals surface area contributed by atoms with Crippen LogP contribution in [0.15, 0.2) is 24.3 Å². The molecule has 0 aromatic heterocycles. The number of hydrogen-bond donors (Lipinski definition) is 1. The lowest BCUT2D eigenvalue weighted by atomic mass is 10.2. The lowest BCUT2D eigenvalue weighted by Crippen LogP contribution is -2.42. The molecule has 0 aliphatic rings. The molecule has 0 saturated carbocycles. The Balaban J connectivity index is 2.84. The standard InChI is InChI=1S/C12H16N2O2S/c1-4-14(11(17)13-12(15)16-3)10-7-5-6-9(2)8-10/h5-8H,4H2,1-3H3,(H,13,15,17). The van der Waals surface area contributed by atoms with E-state index in [1.54, 1.807) is 0 Å². The predicted octanol–water partition coefficient (Wildman–Crippen LogP) is 2.46. The van der Waals surface area contributed by atoms with Gasteiger partial charge in [-0.05, 0) is 43.8 Å². The molecule has 4 nitrogen and oxygen atoms in total. The second-order valence-electron chi connectivity index (χ2n) is 3.50. The average Bonchev–Trinajstić information content (AvgIpc) is 2.30. The van der Waals surface area contributed by atoms with Crippen molar-refractivity contribution in [3.8, 4) is 0 Å². The van der Waals surface area contributed by atoms with Crippen molar-refractivity contribution < 1.29 is 9.53 Å². The zero-order valence-corrected chi connectivity index (χ0v) is 11.0. The smallest absolute Gasteiger partial charge is 0.413 e. The van der Waals surface area contributed by atoms with E-state index in [4.69, 9.17) is 12.2 Å². The van der Waals surface area contributed by atoms with Crippen LogP contribution in [0.5, 0.6) is 0 Å². The molecule has 0 aliphatic carbocycles. The zero-order chi connectivity index (χ0) is 12.8. The Morgan fingerprint density at radius 2 is 2.24 bits per heavy atom. The largest absolute Gasteiger partial charge is 0.453 e. The number of carbonyl (C=O) groups is 1. The molecular weight excluding hydrogens is 236 g/mol. The van der Waals surface area contributed by atoms with E-state index >= 15 is 0 Å². The summed E-state index contributed by atoms with van der Waals surface area (Å²) in [5.41, 5.74) is 2.09. The molecule has 0 heterocycles. The topological polar surface area (TPSA) is 41.6 Å². The van der Waals surface area contributed by atoms with Crippen LogP contribution >= 0.6 is 12.2 Å². The van der Waals surface area contributed by atoms with Gasteiger partial charge in [-0.1, -0.05) is 12.1 Å². The van der Waals surface area contributed by atoms with Crippen molar-refractivity contribution in [3.05, 3.63) is 29.8 Å². The van der Waals surface area contributed by atoms with Crippen LogP contribution in [-0.2, 0) is 4.74 Å². The van der Waals surface area contributed by atoms with Crippen molar-refractivity contribution >= 4 is 29.1 Å². The number of amides is 1. The predicted molar refractivity (Wildman–Crippen MR) is 72.3 cm³/mol. The van der Waals surface area contributed by atoms with E-state index in [0.29, 0.717) is 11.7 Å². The summed E-state index contributed by atoms with van der Waals surface area (Å²) in [4.78, 5) is 12.9. The number of nitrogens with zero attached hydrogens (tertiary/aromatic N) is 1. The first-order valence-electron chi connectivity index (χ1n) is 5.31. The lowest BCUT2D eigenvalue weighted by Gasteiger charge is -2.23. The maximum Gasteiger partial charge on any atom is 0.413 e. The van der Waals surface area contributed by atoms with Crippen LogP contribution in [0.3, 0.4) is 0 Å². The minimum atomic E-state index is -0.555. The molecule has 1 aromatic rings. The number of methoxy groups -OCH3 is 1. The molecule has 0 spiro atoms. The highest BCUT2D eigenvalue weighted by Crippen LogP contribution is 2.15.